The SMILES string of the molecule is C/C=C\C=C/C(CNC1=c2ccccc2=CC2=CC=CC=CC21)=C(C)C. The fourth-order valence-corrected chi connectivity index (χ4v) is 3.32. The predicted molar refractivity (Wildman–Crippen MR) is 114 cm³/mol. The van der Waals surface area contributed by atoms with Gasteiger partial charge >= 0.3 is 0 Å². The average molecular weight is 341 g/mol. The largest absolute Gasteiger partial charge is 0.383 e. The fourth-order valence-electron chi connectivity index (χ4n) is 3.32. The van der Waals surface area contributed by atoms with Gasteiger partial charge in [-0.05, 0) is 37.1 Å². The Kier molecular flexibility index (Phi) is 5.91. The van der Waals surface area contributed by atoms with Gasteiger partial charge in [0.25, 0.3) is 0 Å². The van der Waals surface area contributed by atoms with Gasteiger partial charge in [-0.15, -0.1) is 0 Å². The number of fused-ring (bicyclic) bond motifs is 2. The van der Waals surface area contributed by atoms with Crippen LogP contribution in [0.4, 0.5) is 0 Å². The van der Waals surface area contributed by atoms with Gasteiger partial charge in [-0.25, -0.2) is 0 Å². The van der Waals surface area contributed by atoms with Crippen LogP contribution in [0.5, 0.6) is 0 Å². The molecule has 1 N–H and O–H groups in total. The molecule has 2 aliphatic carbocycles. The quantitative estimate of drug-likeness (QED) is 0.787. The lowest BCUT2D eigenvalue weighted by molar-refractivity contribution is 0.851. The van der Waals surface area contributed by atoms with E-state index in [2.05, 4.69) is 104 Å². The van der Waals surface area contributed by atoms with E-state index in [4.69, 9.17) is 0 Å². The maximum absolute atomic E-state index is 3.76. The van der Waals surface area contributed by atoms with Crippen molar-refractivity contribution in [2.24, 2.45) is 5.92 Å². The second-order valence-corrected chi connectivity index (χ2v) is 6.82. The standard InChI is InChI=1S/C25H27N/c1-4-5-7-14-22(19(2)3)18-26-25-23-15-9-6-8-12-20(23)17-21-13-10-11-16-24(21)25/h4-17,23,26H,18H2,1-3H3/b5-4-,14-7-. The first-order valence-corrected chi connectivity index (χ1v) is 9.26. The molecule has 1 atom stereocenters. The number of hydrogen-bond donors (Lipinski definition) is 1. The van der Waals surface area contributed by atoms with Crippen molar-refractivity contribution >= 4 is 11.8 Å². The van der Waals surface area contributed by atoms with E-state index in [1.807, 2.05) is 6.92 Å². The van der Waals surface area contributed by atoms with Gasteiger partial charge in [-0.2, -0.15) is 0 Å². The molecular weight excluding hydrogens is 314 g/mol. The fraction of sp³-hybridized carbons (Fsp3) is 0.200. The minimum Gasteiger partial charge on any atom is -0.383 e. The van der Waals surface area contributed by atoms with Crippen LogP contribution in [-0.2, 0) is 0 Å². The third-order valence-electron chi connectivity index (χ3n) is 4.77. The third-order valence-corrected chi connectivity index (χ3v) is 4.77. The van der Waals surface area contributed by atoms with E-state index in [0.29, 0.717) is 0 Å². The number of allylic oxidation sites excluding steroid dienone is 8. The van der Waals surface area contributed by atoms with E-state index in [1.165, 1.54) is 32.9 Å². The topological polar surface area (TPSA) is 12.0 Å². The molecule has 1 aromatic carbocycles. The van der Waals surface area contributed by atoms with Crippen molar-refractivity contribution in [2.45, 2.75) is 20.8 Å². The van der Waals surface area contributed by atoms with Crippen molar-refractivity contribution < 1.29 is 0 Å². The van der Waals surface area contributed by atoms with E-state index >= 15 is 0 Å². The van der Waals surface area contributed by atoms with Gasteiger partial charge < -0.3 is 5.32 Å². The molecule has 0 aliphatic heterocycles. The summed E-state index contributed by atoms with van der Waals surface area (Å²) in [6.45, 7) is 7.21. The summed E-state index contributed by atoms with van der Waals surface area (Å²) in [5, 5.41) is 6.34. The molecule has 0 amide bonds. The van der Waals surface area contributed by atoms with Gasteiger partial charge in [0.2, 0.25) is 0 Å². The second-order valence-electron chi connectivity index (χ2n) is 6.82. The maximum Gasteiger partial charge on any atom is 0.0427 e. The molecule has 0 heterocycles. The van der Waals surface area contributed by atoms with Crippen LogP contribution in [0.2, 0.25) is 0 Å². The van der Waals surface area contributed by atoms with Crippen LogP contribution in [0, 0.1) is 5.92 Å². The van der Waals surface area contributed by atoms with Gasteiger partial charge in [0.1, 0.15) is 0 Å². The van der Waals surface area contributed by atoms with Crippen molar-refractivity contribution in [1.82, 2.24) is 5.32 Å². The molecule has 1 aromatic rings. The normalized spacial score (nSPS) is 18.2. The van der Waals surface area contributed by atoms with Crippen molar-refractivity contribution in [3.05, 3.63) is 106 Å². The number of rotatable bonds is 5. The summed E-state index contributed by atoms with van der Waals surface area (Å²) in [7, 11) is 0. The highest BCUT2D eigenvalue weighted by Gasteiger charge is 2.19. The van der Waals surface area contributed by atoms with Crippen LogP contribution in [0.25, 0.3) is 11.8 Å². The summed E-state index contributed by atoms with van der Waals surface area (Å²) in [5.41, 5.74) is 5.28. The molecular formula is C25H27N. The summed E-state index contributed by atoms with van der Waals surface area (Å²) in [6.07, 6.45) is 21.6. The number of nitrogens with one attached hydrogen (secondary N) is 1. The van der Waals surface area contributed by atoms with Crippen molar-refractivity contribution in [3.8, 4) is 0 Å². The maximum atomic E-state index is 3.76. The Morgan fingerprint density at radius 3 is 2.73 bits per heavy atom. The molecule has 3 rings (SSSR count). The first kappa shape index (κ1) is 18.0. The van der Waals surface area contributed by atoms with E-state index < -0.39 is 0 Å². The molecule has 0 fully saturated rings. The van der Waals surface area contributed by atoms with Crippen molar-refractivity contribution in [2.75, 3.05) is 6.54 Å². The summed E-state index contributed by atoms with van der Waals surface area (Å²) in [4.78, 5) is 0. The Hall–Kier alpha value is -2.80. The zero-order chi connectivity index (χ0) is 18.4. The van der Waals surface area contributed by atoms with Gasteiger partial charge in [0.15, 0.2) is 0 Å². The van der Waals surface area contributed by atoms with Crippen LogP contribution in [0.3, 0.4) is 0 Å². The van der Waals surface area contributed by atoms with Gasteiger partial charge in [-0.3, -0.25) is 0 Å². The Labute approximate surface area is 156 Å². The highest BCUT2D eigenvalue weighted by molar-refractivity contribution is 5.68. The lowest BCUT2D eigenvalue weighted by Gasteiger charge is -2.24. The monoisotopic (exact) mass is 341 g/mol. The third kappa shape index (κ3) is 4.05. The Bertz CT molecular complexity index is 958. The molecule has 0 aromatic heterocycles. The molecule has 132 valence electrons. The summed E-state index contributed by atoms with van der Waals surface area (Å²) in [6, 6.07) is 8.64. The highest BCUT2D eigenvalue weighted by atomic mass is 14.9. The number of hydrogen-bond acceptors (Lipinski definition) is 1. The van der Waals surface area contributed by atoms with Crippen LogP contribution < -0.4 is 15.8 Å². The van der Waals surface area contributed by atoms with Crippen molar-refractivity contribution in [3.63, 3.8) is 0 Å². The summed E-state index contributed by atoms with van der Waals surface area (Å²) in [5.74, 6) is 0.276. The lowest BCUT2D eigenvalue weighted by atomic mass is 9.88. The zero-order valence-electron chi connectivity index (χ0n) is 15.9. The summed E-state index contributed by atoms with van der Waals surface area (Å²) < 4.78 is 0. The van der Waals surface area contributed by atoms with Crippen LogP contribution >= 0.6 is 0 Å². The van der Waals surface area contributed by atoms with E-state index in [1.54, 1.807) is 0 Å². The van der Waals surface area contributed by atoms with Crippen LogP contribution in [0.1, 0.15) is 20.8 Å². The Morgan fingerprint density at radius 2 is 1.92 bits per heavy atom. The average Bonchev–Trinajstić information content (AvgIpc) is 2.88. The molecule has 26 heavy (non-hydrogen) atoms. The molecule has 0 spiro atoms. The predicted octanol–water partition coefficient (Wildman–Crippen LogP) is 4.32. The first-order chi connectivity index (χ1) is 12.7. The van der Waals surface area contributed by atoms with Gasteiger partial charge in [0, 0.05) is 23.4 Å². The molecule has 1 unspecified atom stereocenters. The zero-order valence-corrected chi connectivity index (χ0v) is 15.9. The minimum absolute atomic E-state index is 0.276. The summed E-state index contributed by atoms with van der Waals surface area (Å²) >= 11 is 0. The molecule has 1 heteroatoms. The Morgan fingerprint density at radius 1 is 1.08 bits per heavy atom. The Balaban J connectivity index is 1.99. The first-order valence-electron chi connectivity index (χ1n) is 9.26. The van der Waals surface area contributed by atoms with Crippen molar-refractivity contribution in [1.29, 1.82) is 0 Å². The molecule has 0 saturated carbocycles. The minimum atomic E-state index is 0.276. The van der Waals surface area contributed by atoms with Gasteiger partial charge in [-0.1, -0.05) is 90.6 Å². The van der Waals surface area contributed by atoms with E-state index in [9.17, 15) is 0 Å². The molecule has 1 nitrogen and oxygen atoms in total. The lowest BCUT2D eigenvalue weighted by Crippen LogP contribution is -2.39. The highest BCUT2D eigenvalue weighted by Crippen LogP contribution is 2.25. The molecule has 0 bridgehead atoms. The molecule has 2 aliphatic rings. The number of benzene rings is 1. The van der Waals surface area contributed by atoms with Gasteiger partial charge in [0.05, 0.1) is 0 Å². The smallest absolute Gasteiger partial charge is 0.0427 e. The van der Waals surface area contributed by atoms with Crippen LogP contribution in [-0.4, -0.2) is 6.54 Å². The van der Waals surface area contributed by atoms with E-state index in [0.717, 1.165) is 6.54 Å². The molecule has 0 radical (unpaired) electrons. The van der Waals surface area contributed by atoms with E-state index in [-0.39, 0.29) is 5.92 Å². The molecule has 0 saturated heterocycles. The van der Waals surface area contributed by atoms with Crippen LogP contribution in [0.15, 0.2) is 95.7 Å². The second kappa shape index (κ2) is 8.53.